The van der Waals surface area contributed by atoms with Gasteiger partial charge in [-0.15, -0.1) is 11.3 Å². The molecule has 18 heavy (non-hydrogen) atoms. The first kappa shape index (κ1) is 14.8. The van der Waals surface area contributed by atoms with Crippen LogP contribution in [0.25, 0.3) is 0 Å². The van der Waals surface area contributed by atoms with Crippen molar-refractivity contribution in [2.24, 2.45) is 11.7 Å². The van der Waals surface area contributed by atoms with Crippen molar-refractivity contribution >= 4 is 38.9 Å². The van der Waals surface area contributed by atoms with Crippen LogP contribution in [0.3, 0.4) is 0 Å². The normalized spacial score (nSPS) is 18.7. The van der Waals surface area contributed by atoms with Crippen molar-refractivity contribution in [1.29, 1.82) is 0 Å². The maximum atomic E-state index is 6.12. The van der Waals surface area contributed by atoms with Crippen LogP contribution in [0.1, 0.15) is 36.6 Å². The molecule has 0 spiro atoms. The zero-order valence-electron chi connectivity index (χ0n) is 10.7. The van der Waals surface area contributed by atoms with E-state index in [0.29, 0.717) is 12.6 Å². The molecule has 0 saturated heterocycles. The second-order valence-corrected chi connectivity index (χ2v) is 7.65. The molecule has 0 aliphatic heterocycles. The third kappa shape index (κ3) is 3.48. The van der Waals surface area contributed by atoms with Crippen molar-refractivity contribution in [1.82, 2.24) is 4.90 Å². The molecule has 1 unspecified atom stereocenters. The van der Waals surface area contributed by atoms with Crippen LogP contribution >= 0.6 is 38.9 Å². The van der Waals surface area contributed by atoms with E-state index in [1.54, 1.807) is 11.3 Å². The zero-order chi connectivity index (χ0) is 13.1. The lowest BCUT2D eigenvalue weighted by atomic mass is 10.1. The number of nitrogens with zero attached hydrogens (tertiary/aromatic N) is 1. The van der Waals surface area contributed by atoms with Gasteiger partial charge in [0.25, 0.3) is 0 Å². The molecule has 0 aromatic carbocycles. The molecule has 0 radical (unpaired) electrons. The fraction of sp³-hybridized carbons (Fsp3) is 0.692. The Balaban J connectivity index is 2.02. The van der Waals surface area contributed by atoms with Gasteiger partial charge < -0.3 is 5.73 Å². The second-order valence-electron chi connectivity index (χ2n) is 5.11. The summed E-state index contributed by atoms with van der Waals surface area (Å²) in [5.41, 5.74) is 5.95. The molecule has 1 heterocycles. The van der Waals surface area contributed by atoms with E-state index >= 15 is 0 Å². The molecule has 1 fully saturated rings. The fourth-order valence-corrected chi connectivity index (χ4v) is 4.68. The predicted molar refractivity (Wildman–Crippen MR) is 83.4 cm³/mol. The molecular weight excluding hydrogens is 332 g/mol. The number of nitrogens with two attached hydrogens (primary N) is 1. The molecule has 1 aromatic heterocycles. The van der Waals surface area contributed by atoms with E-state index in [9.17, 15) is 0 Å². The van der Waals surface area contributed by atoms with Gasteiger partial charge in [0.15, 0.2) is 0 Å². The monoisotopic (exact) mass is 350 g/mol. The molecule has 2 N–H and O–H groups in total. The predicted octanol–water partition coefficient (Wildman–Crippen LogP) is 4.29. The van der Waals surface area contributed by atoms with Crippen molar-refractivity contribution < 1.29 is 0 Å². The Morgan fingerprint density at radius 2 is 2.22 bits per heavy atom. The van der Waals surface area contributed by atoms with Crippen LogP contribution in [0.2, 0.25) is 4.34 Å². The molecule has 0 amide bonds. The molecule has 1 atom stereocenters. The highest BCUT2D eigenvalue weighted by molar-refractivity contribution is 9.10. The van der Waals surface area contributed by atoms with Gasteiger partial charge >= 0.3 is 0 Å². The van der Waals surface area contributed by atoms with Gasteiger partial charge in [0.1, 0.15) is 4.34 Å². The summed E-state index contributed by atoms with van der Waals surface area (Å²) in [6.07, 6.45) is 5.53. The number of rotatable bonds is 5. The molecule has 1 aliphatic rings. The zero-order valence-corrected chi connectivity index (χ0v) is 13.8. The van der Waals surface area contributed by atoms with E-state index in [-0.39, 0.29) is 0 Å². The minimum Gasteiger partial charge on any atom is -0.329 e. The molecule has 2 nitrogen and oxygen atoms in total. The van der Waals surface area contributed by atoms with Gasteiger partial charge in [-0.1, -0.05) is 24.4 Å². The molecule has 0 bridgehead atoms. The number of halogens is 2. The van der Waals surface area contributed by atoms with Crippen LogP contribution in [0.15, 0.2) is 10.5 Å². The smallest absolute Gasteiger partial charge is 0.107 e. The molecule has 5 heteroatoms. The quantitative estimate of drug-likeness (QED) is 0.857. The number of hydrogen-bond donors (Lipinski definition) is 1. The van der Waals surface area contributed by atoms with E-state index in [0.717, 1.165) is 21.3 Å². The Morgan fingerprint density at radius 1 is 1.56 bits per heavy atom. The number of hydrogen-bond acceptors (Lipinski definition) is 3. The van der Waals surface area contributed by atoms with E-state index in [1.807, 2.05) is 0 Å². The highest BCUT2D eigenvalue weighted by Crippen LogP contribution is 2.37. The maximum Gasteiger partial charge on any atom is 0.107 e. The largest absolute Gasteiger partial charge is 0.329 e. The summed E-state index contributed by atoms with van der Waals surface area (Å²) in [6.45, 7) is 1.79. The second kappa shape index (κ2) is 6.71. The Labute approximate surface area is 127 Å². The summed E-state index contributed by atoms with van der Waals surface area (Å²) in [6, 6.07) is 2.40. The Hall–Kier alpha value is 0.390. The molecular formula is C13H20BrClN2S. The molecule has 1 aromatic rings. The van der Waals surface area contributed by atoms with Gasteiger partial charge in [-0.25, -0.2) is 0 Å². The lowest BCUT2D eigenvalue weighted by Gasteiger charge is -2.28. The van der Waals surface area contributed by atoms with Gasteiger partial charge in [-0.2, -0.15) is 0 Å². The van der Waals surface area contributed by atoms with E-state index < -0.39 is 0 Å². The SMILES string of the molecule is CN(CC1CCCC1)C(CN)c1cc(Br)c(Cl)s1. The summed E-state index contributed by atoms with van der Waals surface area (Å²) in [7, 11) is 2.18. The number of thiophene rings is 1. The summed E-state index contributed by atoms with van der Waals surface area (Å²) in [5, 5.41) is 0. The van der Waals surface area contributed by atoms with Gasteiger partial charge in [-0.05, 0) is 47.8 Å². The van der Waals surface area contributed by atoms with Crippen molar-refractivity contribution in [2.45, 2.75) is 31.7 Å². The Morgan fingerprint density at radius 3 is 2.72 bits per heavy atom. The molecule has 1 aliphatic carbocycles. The average Bonchev–Trinajstić information content (AvgIpc) is 2.92. The fourth-order valence-electron chi connectivity index (χ4n) is 2.77. The van der Waals surface area contributed by atoms with Gasteiger partial charge in [0.2, 0.25) is 0 Å². The highest BCUT2D eigenvalue weighted by atomic mass is 79.9. The third-order valence-corrected chi connectivity index (χ3v) is 6.34. The summed E-state index contributed by atoms with van der Waals surface area (Å²) >= 11 is 11.2. The van der Waals surface area contributed by atoms with Crippen molar-refractivity contribution in [2.75, 3.05) is 20.1 Å². The van der Waals surface area contributed by atoms with Gasteiger partial charge in [0.05, 0.1) is 6.04 Å². The molecule has 1 saturated carbocycles. The van der Waals surface area contributed by atoms with Crippen LogP contribution in [0.4, 0.5) is 0 Å². The van der Waals surface area contributed by atoms with E-state index in [1.165, 1.54) is 30.6 Å². The Kier molecular flexibility index (Phi) is 5.51. The lowest BCUT2D eigenvalue weighted by Crippen LogP contribution is -2.33. The van der Waals surface area contributed by atoms with Crippen LogP contribution in [-0.4, -0.2) is 25.0 Å². The van der Waals surface area contributed by atoms with Gasteiger partial charge in [0, 0.05) is 22.4 Å². The minimum atomic E-state index is 0.291. The number of likely N-dealkylation sites (N-methyl/N-ethyl adjacent to an activating group) is 1. The van der Waals surface area contributed by atoms with Crippen molar-refractivity contribution in [3.63, 3.8) is 0 Å². The summed E-state index contributed by atoms with van der Waals surface area (Å²) in [5.74, 6) is 0.850. The van der Waals surface area contributed by atoms with Crippen LogP contribution < -0.4 is 5.73 Å². The maximum absolute atomic E-state index is 6.12. The minimum absolute atomic E-state index is 0.291. The summed E-state index contributed by atoms with van der Waals surface area (Å²) < 4.78 is 1.80. The Bertz CT molecular complexity index is 371. The van der Waals surface area contributed by atoms with Gasteiger partial charge in [-0.3, -0.25) is 4.90 Å². The van der Waals surface area contributed by atoms with Crippen LogP contribution in [0, 0.1) is 5.92 Å². The topological polar surface area (TPSA) is 29.3 Å². The standard InChI is InChI=1S/C13H20BrClN2S/c1-17(8-9-4-2-3-5-9)11(7-16)12-6-10(14)13(15)18-12/h6,9,11H,2-5,7-8,16H2,1H3. The summed E-state index contributed by atoms with van der Waals surface area (Å²) in [4.78, 5) is 3.65. The van der Waals surface area contributed by atoms with E-state index in [2.05, 4.69) is 33.9 Å². The highest BCUT2D eigenvalue weighted by Gasteiger charge is 2.23. The first-order chi connectivity index (χ1) is 8.61. The van der Waals surface area contributed by atoms with Crippen LogP contribution in [-0.2, 0) is 0 Å². The first-order valence-corrected chi connectivity index (χ1v) is 8.45. The average molecular weight is 352 g/mol. The van der Waals surface area contributed by atoms with Crippen molar-refractivity contribution in [3.05, 3.63) is 19.8 Å². The first-order valence-electron chi connectivity index (χ1n) is 6.47. The molecule has 2 rings (SSSR count). The third-order valence-electron chi connectivity index (χ3n) is 3.77. The van der Waals surface area contributed by atoms with Crippen molar-refractivity contribution in [3.8, 4) is 0 Å². The van der Waals surface area contributed by atoms with Crippen LogP contribution in [0.5, 0.6) is 0 Å². The van der Waals surface area contributed by atoms with E-state index in [4.69, 9.17) is 17.3 Å². The molecule has 102 valence electrons. The lowest BCUT2D eigenvalue weighted by molar-refractivity contribution is 0.215.